The molecule has 16 heavy (non-hydrogen) atoms. The van der Waals surface area contributed by atoms with Crippen LogP contribution >= 0.6 is 0 Å². The van der Waals surface area contributed by atoms with Crippen molar-refractivity contribution in [3.63, 3.8) is 0 Å². The van der Waals surface area contributed by atoms with Crippen LogP contribution < -0.4 is 0 Å². The van der Waals surface area contributed by atoms with Gasteiger partial charge in [0.15, 0.2) is 11.7 Å². The van der Waals surface area contributed by atoms with E-state index in [-0.39, 0.29) is 6.42 Å². The number of aliphatic hydroxyl groups is 4. The van der Waals surface area contributed by atoms with Crippen molar-refractivity contribution in [1.82, 2.24) is 0 Å². The van der Waals surface area contributed by atoms with Gasteiger partial charge in [-0.25, -0.2) is 9.59 Å². The van der Waals surface area contributed by atoms with Crippen LogP contribution in [0.5, 0.6) is 0 Å². The van der Waals surface area contributed by atoms with Crippen molar-refractivity contribution in [2.24, 2.45) is 0 Å². The lowest BCUT2D eigenvalue weighted by Gasteiger charge is -2.22. The molecule has 0 amide bonds. The minimum Gasteiger partial charge on any atom is -0.393 e. The monoisotopic (exact) mass is 236 g/mol. The Hall–Kier alpha value is -1.02. The Bertz CT molecular complexity index is 252. The molecule has 0 spiro atoms. The molecule has 0 heterocycles. The van der Waals surface area contributed by atoms with E-state index >= 15 is 0 Å². The Labute approximate surface area is 92.3 Å². The van der Waals surface area contributed by atoms with E-state index in [0.717, 1.165) is 0 Å². The van der Waals surface area contributed by atoms with Crippen LogP contribution in [0.1, 0.15) is 19.8 Å². The standard InChI is InChI=1S/C9H16O7/c1-2-3-9(15,5-11)8(14)16-7(13)6(12)4-10/h6,10-12,15H,2-5H2,1H3. The van der Waals surface area contributed by atoms with Crippen molar-refractivity contribution in [1.29, 1.82) is 0 Å². The maximum Gasteiger partial charge on any atom is 0.348 e. The minimum absolute atomic E-state index is 0.0785. The molecular formula is C9H16O7. The smallest absolute Gasteiger partial charge is 0.348 e. The number of esters is 2. The van der Waals surface area contributed by atoms with E-state index in [0.29, 0.717) is 6.42 Å². The molecule has 0 aliphatic heterocycles. The zero-order valence-corrected chi connectivity index (χ0v) is 8.92. The predicted octanol–water partition coefficient (Wildman–Crippen LogP) is -2.07. The zero-order valence-electron chi connectivity index (χ0n) is 8.92. The summed E-state index contributed by atoms with van der Waals surface area (Å²) in [5, 5.41) is 35.6. The first kappa shape index (κ1) is 15.0. The van der Waals surface area contributed by atoms with Gasteiger partial charge in [0.2, 0.25) is 0 Å². The molecule has 2 atom stereocenters. The Morgan fingerprint density at radius 3 is 2.31 bits per heavy atom. The third kappa shape index (κ3) is 3.86. The van der Waals surface area contributed by atoms with Gasteiger partial charge in [0.05, 0.1) is 13.2 Å². The third-order valence-electron chi connectivity index (χ3n) is 1.94. The maximum atomic E-state index is 11.3. The number of rotatable bonds is 6. The maximum absolute atomic E-state index is 11.3. The molecule has 2 unspecified atom stereocenters. The normalized spacial score (nSPS) is 16.3. The third-order valence-corrected chi connectivity index (χ3v) is 1.94. The molecule has 0 saturated carbocycles. The highest BCUT2D eigenvalue weighted by Crippen LogP contribution is 2.14. The highest BCUT2D eigenvalue weighted by Gasteiger charge is 2.38. The van der Waals surface area contributed by atoms with Crippen molar-refractivity contribution in [2.75, 3.05) is 13.2 Å². The quantitative estimate of drug-likeness (QED) is 0.308. The van der Waals surface area contributed by atoms with Crippen LogP contribution in [0.15, 0.2) is 0 Å². The summed E-state index contributed by atoms with van der Waals surface area (Å²) >= 11 is 0. The molecule has 0 rings (SSSR count). The van der Waals surface area contributed by atoms with E-state index in [1.165, 1.54) is 0 Å². The number of carbonyl (C=O) groups is 2. The summed E-state index contributed by atoms with van der Waals surface area (Å²) in [7, 11) is 0. The Balaban J connectivity index is 4.48. The predicted molar refractivity (Wildman–Crippen MR) is 51.1 cm³/mol. The van der Waals surface area contributed by atoms with Crippen LogP contribution in [-0.2, 0) is 14.3 Å². The summed E-state index contributed by atoms with van der Waals surface area (Å²) in [5.41, 5.74) is -2.15. The van der Waals surface area contributed by atoms with E-state index in [2.05, 4.69) is 4.74 Å². The number of aliphatic hydroxyl groups excluding tert-OH is 3. The van der Waals surface area contributed by atoms with Crippen molar-refractivity contribution >= 4 is 11.9 Å². The van der Waals surface area contributed by atoms with Crippen molar-refractivity contribution < 1.29 is 34.8 Å². The van der Waals surface area contributed by atoms with Gasteiger partial charge in [-0.1, -0.05) is 13.3 Å². The SMILES string of the molecule is CCCC(O)(CO)C(=O)OC(=O)C(O)CO. The van der Waals surface area contributed by atoms with Gasteiger partial charge in [-0.15, -0.1) is 0 Å². The molecule has 0 fully saturated rings. The number of hydrogen-bond donors (Lipinski definition) is 4. The Kier molecular flexibility index (Phi) is 6.12. The topological polar surface area (TPSA) is 124 Å². The van der Waals surface area contributed by atoms with E-state index in [4.69, 9.17) is 15.3 Å². The fourth-order valence-electron chi connectivity index (χ4n) is 0.988. The average molecular weight is 236 g/mol. The van der Waals surface area contributed by atoms with Gasteiger partial charge in [0, 0.05) is 0 Å². The lowest BCUT2D eigenvalue weighted by Crippen LogP contribution is -2.46. The molecule has 0 aromatic carbocycles. The summed E-state index contributed by atoms with van der Waals surface area (Å²) in [6.07, 6.45) is -1.53. The number of carbonyl (C=O) groups excluding carboxylic acids is 2. The lowest BCUT2D eigenvalue weighted by molar-refractivity contribution is -0.183. The molecule has 0 bridgehead atoms. The Morgan fingerprint density at radius 1 is 1.38 bits per heavy atom. The first-order valence-electron chi connectivity index (χ1n) is 4.79. The first-order valence-corrected chi connectivity index (χ1v) is 4.79. The molecule has 7 nitrogen and oxygen atoms in total. The molecule has 0 radical (unpaired) electrons. The van der Waals surface area contributed by atoms with Gasteiger partial charge in [-0.05, 0) is 6.42 Å². The number of hydrogen-bond acceptors (Lipinski definition) is 7. The second-order valence-corrected chi connectivity index (χ2v) is 3.35. The molecule has 4 N–H and O–H groups in total. The fraction of sp³-hybridized carbons (Fsp3) is 0.778. The van der Waals surface area contributed by atoms with E-state index in [1.807, 2.05) is 0 Å². The van der Waals surface area contributed by atoms with E-state index in [9.17, 15) is 14.7 Å². The lowest BCUT2D eigenvalue weighted by atomic mass is 10.00. The van der Waals surface area contributed by atoms with Crippen molar-refractivity contribution in [3.05, 3.63) is 0 Å². The van der Waals surface area contributed by atoms with Gasteiger partial charge >= 0.3 is 11.9 Å². The fourth-order valence-corrected chi connectivity index (χ4v) is 0.988. The van der Waals surface area contributed by atoms with Crippen LogP contribution in [0.3, 0.4) is 0 Å². The molecule has 0 aromatic heterocycles. The zero-order chi connectivity index (χ0) is 12.8. The molecule has 0 aliphatic rings. The van der Waals surface area contributed by atoms with Crippen LogP contribution in [0, 0.1) is 0 Å². The van der Waals surface area contributed by atoms with E-state index in [1.54, 1.807) is 6.92 Å². The molecule has 0 aromatic rings. The van der Waals surface area contributed by atoms with Gasteiger partial charge < -0.3 is 25.2 Å². The summed E-state index contributed by atoms with van der Waals surface area (Å²) in [4.78, 5) is 22.2. The van der Waals surface area contributed by atoms with Gasteiger partial charge in [0.1, 0.15) is 0 Å². The van der Waals surface area contributed by atoms with Crippen molar-refractivity contribution in [2.45, 2.75) is 31.5 Å². The van der Waals surface area contributed by atoms with Gasteiger partial charge in [0.25, 0.3) is 0 Å². The minimum atomic E-state index is -2.15. The molecule has 94 valence electrons. The molecule has 0 aliphatic carbocycles. The first-order chi connectivity index (χ1) is 7.41. The second kappa shape index (κ2) is 6.54. The van der Waals surface area contributed by atoms with Crippen LogP contribution in [0.4, 0.5) is 0 Å². The van der Waals surface area contributed by atoms with Crippen molar-refractivity contribution in [3.8, 4) is 0 Å². The van der Waals surface area contributed by atoms with Crippen LogP contribution in [-0.4, -0.2) is 57.3 Å². The summed E-state index contributed by atoms with van der Waals surface area (Å²) in [6, 6.07) is 0. The Morgan fingerprint density at radius 2 is 1.94 bits per heavy atom. The van der Waals surface area contributed by atoms with Crippen LogP contribution in [0.2, 0.25) is 0 Å². The molecular weight excluding hydrogens is 220 g/mol. The van der Waals surface area contributed by atoms with Gasteiger partial charge in [-0.2, -0.15) is 0 Å². The average Bonchev–Trinajstić information content (AvgIpc) is 2.27. The summed E-state index contributed by atoms with van der Waals surface area (Å²) in [6.45, 7) is -0.113. The largest absolute Gasteiger partial charge is 0.393 e. The highest BCUT2D eigenvalue weighted by molar-refractivity contribution is 5.92. The molecule has 7 heteroatoms. The van der Waals surface area contributed by atoms with E-state index < -0.39 is 36.9 Å². The molecule has 0 saturated heterocycles. The number of ether oxygens (including phenoxy) is 1. The van der Waals surface area contributed by atoms with Crippen LogP contribution in [0.25, 0.3) is 0 Å². The van der Waals surface area contributed by atoms with Gasteiger partial charge in [-0.3, -0.25) is 0 Å². The second-order valence-electron chi connectivity index (χ2n) is 3.35. The summed E-state index contributed by atoms with van der Waals surface area (Å²) in [5.74, 6) is -2.70. The highest BCUT2D eigenvalue weighted by atomic mass is 16.6. The summed E-state index contributed by atoms with van der Waals surface area (Å²) < 4.78 is 4.11.